The van der Waals surface area contributed by atoms with E-state index in [2.05, 4.69) is 6.58 Å². The Bertz CT molecular complexity index is 249. The quantitative estimate of drug-likeness (QED) is 0.635. The van der Waals surface area contributed by atoms with Crippen molar-refractivity contribution >= 4 is 15.6 Å². The monoisotopic (exact) mass is 176 g/mol. The van der Waals surface area contributed by atoms with Gasteiger partial charge in [-0.05, 0) is 0 Å². The molecule has 0 aromatic carbocycles. The number of rotatable bonds is 4. The SMILES string of the molecule is C=CS(=O)(=O)CC(=O)C(C)C. The first-order valence-electron chi connectivity index (χ1n) is 3.27. The predicted octanol–water partition coefficient (Wildman–Crippen LogP) is 0.770. The predicted molar refractivity (Wildman–Crippen MR) is 43.8 cm³/mol. The summed E-state index contributed by atoms with van der Waals surface area (Å²) >= 11 is 0. The van der Waals surface area contributed by atoms with Gasteiger partial charge in [0.05, 0.1) is 0 Å². The summed E-state index contributed by atoms with van der Waals surface area (Å²) in [6.07, 6.45) is 0. The Labute approximate surface area is 67.0 Å². The highest BCUT2D eigenvalue weighted by atomic mass is 32.2. The number of carbonyl (C=O) groups excluding carboxylic acids is 1. The normalized spacial score (nSPS) is 11.5. The molecule has 0 aliphatic carbocycles. The Morgan fingerprint density at radius 2 is 2.00 bits per heavy atom. The second kappa shape index (κ2) is 3.67. The Morgan fingerprint density at radius 3 is 2.27 bits per heavy atom. The molecule has 0 N–H and O–H groups in total. The van der Waals surface area contributed by atoms with Crippen molar-refractivity contribution in [2.75, 3.05) is 5.75 Å². The summed E-state index contributed by atoms with van der Waals surface area (Å²) < 4.78 is 21.6. The lowest BCUT2D eigenvalue weighted by atomic mass is 10.1. The zero-order valence-electron chi connectivity index (χ0n) is 6.70. The first-order valence-corrected chi connectivity index (χ1v) is 4.98. The van der Waals surface area contributed by atoms with Crippen molar-refractivity contribution in [3.63, 3.8) is 0 Å². The molecule has 0 spiro atoms. The average molecular weight is 176 g/mol. The first kappa shape index (κ1) is 10.4. The molecule has 0 fully saturated rings. The topological polar surface area (TPSA) is 51.2 Å². The van der Waals surface area contributed by atoms with Gasteiger partial charge in [0.1, 0.15) is 5.75 Å². The van der Waals surface area contributed by atoms with Crippen LogP contribution >= 0.6 is 0 Å². The highest BCUT2D eigenvalue weighted by Gasteiger charge is 2.15. The van der Waals surface area contributed by atoms with Gasteiger partial charge in [0.25, 0.3) is 0 Å². The molecular weight excluding hydrogens is 164 g/mol. The Kier molecular flexibility index (Phi) is 3.45. The number of carbonyl (C=O) groups is 1. The van der Waals surface area contributed by atoms with Crippen LogP contribution in [0.5, 0.6) is 0 Å². The molecule has 4 heteroatoms. The summed E-state index contributed by atoms with van der Waals surface area (Å²) in [7, 11) is -3.35. The maximum atomic E-state index is 10.9. The van der Waals surface area contributed by atoms with Gasteiger partial charge >= 0.3 is 0 Å². The highest BCUT2D eigenvalue weighted by molar-refractivity contribution is 7.94. The second-order valence-electron chi connectivity index (χ2n) is 2.59. The molecule has 0 aromatic rings. The molecule has 0 atom stereocenters. The van der Waals surface area contributed by atoms with Crippen LogP contribution in [-0.2, 0) is 14.6 Å². The van der Waals surface area contributed by atoms with Crippen LogP contribution in [0.3, 0.4) is 0 Å². The van der Waals surface area contributed by atoms with E-state index in [-0.39, 0.29) is 11.7 Å². The zero-order chi connectivity index (χ0) is 9.07. The average Bonchev–Trinajstić information content (AvgIpc) is 1.87. The molecule has 0 aliphatic rings. The molecule has 0 radical (unpaired) electrons. The molecule has 0 aromatic heterocycles. The summed E-state index contributed by atoms with van der Waals surface area (Å²) in [6.45, 7) is 6.44. The van der Waals surface area contributed by atoms with Crippen molar-refractivity contribution in [3.8, 4) is 0 Å². The Balaban J connectivity index is 4.29. The summed E-state index contributed by atoms with van der Waals surface area (Å²) in [5.74, 6) is -0.927. The fraction of sp³-hybridized carbons (Fsp3) is 0.571. The molecule has 0 saturated heterocycles. The van der Waals surface area contributed by atoms with E-state index >= 15 is 0 Å². The van der Waals surface area contributed by atoms with Gasteiger partial charge in [-0.15, -0.1) is 0 Å². The van der Waals surface area contributed by atoms with Gasteiger partial charge in [0.2, 0.25) is 0 Å². The lowest BCUT2D eigenvalue weighted by Gasteiger charge is -2.00. The van der Waals surface area contributed by atoms with Crippen LogP contribution in [0.15, 0.2) is 12.0 Å². The van der Waals surface area contributed by atoms with Crippen LogP contribution < -0.4 is 0 Å². The minimum Gasteiger partial charge on any atom is -0.298 e. The van der Waals surface area contributed by atoms with Crippen LogP contribution in [0.2, 0.25) is 0 Å². The van der Waals surface area contributed by atoms with Gasteiger partial charge in [0.15, 0.2) is 15.6 Å². The highest BCUT2D eigenvalue weighted by Crippen LogP contribution is 1.99. The third kappa shape index (κ3) is 3.93. The molecule has 0 aliphatic heterocycles. The standard InChI is InChI=1S/C7H12O3S/c1-4-11(9,10)5-7(8)6(2)3/h4,6H,1,5H2,2-3H3. The van der Waals surface area contributed by atoms with Crippen molar-refractivity contribution in [1.29, 1.82) is 0 Å². The van der Waals surface area contributed by atoms with Crippen molar-refractivity contribution in [3.05, 3.63) is 12.0 Å². The van der Waals surface area contributed by atoms with E-state index in [4.69, 9.17) is 0 Å². The fourth-order valence-electron chi connectivity index (χ4n) is 0.424. The van der Waals surface area contributed by atoms with E-state index in [1.54, 1.807) is 13.8 Å². The minimum absolute atomic E-state index is 0.232. The molecule has 0 bridgehead atoms. The Hall–Kier alpha value is -0.640. The van der Waals surface area contributed by atoms with Crippen LogP contribution in [0.1, 0.15) is 13.8 Å². The van der Waals surface area contributed by atoms with Gasteiger partial charge in [0, 0.05) is 11.3 Å². The molecule has 64 valence electrons. The fourth-order valence-corrected chi connectivity index (χ4v) is 1.27. The van der Waals surface area contributed by atoms with Crippen LogP contribution in [0.4, 0.5) is 0 Å². The van der Waals surface area contributed by atoms with E-state index in [0.29, 0.717) is 0 Å². The molecule has 0 saturated carbocycles. The molecule has 3 nitrogen and oxygen atoms in total. The lowest BCUT2D eigenvalue weighted by Crippen LogP contribution is -2.18. The zero-order valence-corrected chi connectivity index (χ0v) is 7.52. The maximum absolute atomic E-state index is 10.9. The van der Waals surface area contributed by atoms with Crippen molar-refractivity contribution in [2.24, 2.45) is 5.92 Å². The molecule has 0 unspecified atom stereocenters. The molecule has 11 heavy (non-hydrogen) atoms. The number of Topliss-reactive ketones (excluding diaryl/α,β-unsaturated/α-hetero) is 1. The first-order chi connectivity index (χ1) is 4.89. The molecule has 0 rings (SSSR count). The van der Waals surface area contributed by atoms with Gasteiger partial charge in [-0.2, -0.15) is 0 Å². The largest absolute Gasteiger partial charge is 0.298 e. The van der Waals surface area contributed by atoms with Gasteiger partial charge in [-0.25, -0.2) is 8.42 Å². The third-order valence-corrected chi connectivity index (χ3v) is 2.44. The number of hydrogen-bond acceptors (Lipinski definition) is 3. The number of hydrogen-bond donors (Lipinski definition) is 0. The Morgan fingerprint density at radius 1 is 1.55 bits per heavy atom. The number of sulfone groups is 1. The third-order valence-electron chi connectivity index (χ3n) is 1.24. The smallest absolute Gasteiger partial charge is 0.178 e. The van der Waals surface area contributed by atoms with Crippen molar-refractivity contribution < 1.29 is 13.2 Å². The molecule has 0 amide bonds. The van der Waals surface area contributed by atoms with E-state index in [1.165, 1.54) is 0 Å². The summed E-state index contributed by atoms with van der Waals surface area (Å²) in [5, 5.41) is 0.813. The second-order valence-corrected chi connectivity index (χ2v) is 4.54. The summed E-state index contributed by atoms with van der Waals surface area (Å²) in [5.41, 5.74) is 0. The van der Waals surface area contributed by atoms with Crippen LogP contribution in [0, 0.1) is 5.92 Å². The summed E-state index contributed by atoms with van der Waals surface area (Å²) in [4.78, 5) is 10.9. The van der Waals surface area contributed by atoms with Gasteiger partial charge in [-0.3, -0.25) is 4.79 Å². The van der Waals surface area contributed by atoms with Gasteiger partial charge < -0.3 is 0 Å². The molecular formula is C7H12O3S. The van der Waals surface area contributed by atoms with E-state index in [9.17, 15) is 13.2 Å². The van der Waals surface area contributed by atoms with Crippen molar-refractivity contribution in [1.82, 2.24) is 0 Å². The van der Waals surface area contributed by atoms with Crippen LogP contribution in [-0.4, -0.2) is 20.0 Å². The lowest BCUT2D eigenvalue weighted by molar-refractivity contribution is -0.119. The maximum Gasteiger partial charge on any atom is 0.178 e. The summed E-state index contributed by atoms with van der Waals surface area (Å²) in [6, 6.07) is 0. The minimum atomic E-state index is -3.35. The van der Waals surface area contributed by atoms with E-state index < -0.39 is 15.6 Å². The van der Waals surface area contributed by atoms with Crippen LogP contribution in [0.25, 0.3) is 0 Å². The van der Waals surface area contributed by atoms with E-state index in [1.807, 2.05) is 0 Å². The van der Waals surface area contributed by atoms with Crippen molar-refractivity contribution in [2.45, 2.75) is 13.8 Å². The number of ketones is 1. The van der Waals surface area contributed by atoms with E-state index in [0.717, 1.165) is 5.41 Å². The van der Waals surface area contributed by atoms with Gasteiger partial charge in [-0.1, -0.05) is 20.4 Å². The molecule has 0 heterocycles.